The fourth-order valence-corrected chi connectivity index (χ4v) is 9.68. The van der Waals surface area contributed by atoms with Gasteiger partial charge >= 0.3 is 0 Å². The molecule has 0 saturated carbocycles. The Morgan fingerprint density at radius 2 is 1.22 bits per heavy atom. The molecule has 0 aliphatic rings. The maximum atomic E-state index is 6.53. The SMILES string of the molecule is C[Si](C)(C)OP(CC(CCc1ccccc1)c1ccccc1)O[Si](C)(C)C. The van der Waals surface area contributed by atoms with Gasteiger partial charge in [-0.3, -0.25) is 0 Å². The summed E-state index contributed by atoms with van der Waals surface area (Å²) >= 11 is 0. The molecule has 1 unspecified atom stereocenters. The van der Waals surface area contributed by atoms with Gasteiger partial charge in [0.05, 0.1) is 0 Å². The summed E-state index contributed by atoms with van der Waals surface area (Å²) in [5, 5.41) is 0. The highest BCUT2D eigenvalue weighted by molar-refractivity contribution is 7.50. The molecule has 0 fully saturated rings. The van der Waals surface area contributed by atoms with E-state index in [0.29, 0.717) is 5.92 Å². The first-order valence-corrected chi connectivity index (χ1v) is 18.0. The molecule has 5 heteroatoms. The predicted molar refractivity (Wildman–Crippen MR) is 125 cm³/mol. The zero-order valence-corrected chi connectivity index (χ0v) is 20.6. The van der Waals surface area contributed by atoms with Gasteiger partial charge in [-0.1, -0.05) is 60.7 Å². The molecule has 27 heavy (non-hydrogen) atoms. The molecule has 0 aliphatic carbocycles. The molecule has 2 aromatic carbocycles. The third kappa shape index (κ3) is 9.31. The second-order valence-electron chi connectivity index (χ2n) is 9.05. The minimum atomic E-state index is -1.65. The van der Waals surface area contributed by atoms with Gasteiger partial charge in [0.25, 0.3) is 0 Å². The van der Waals surface area contributed by atoms with Crippen LogP contribution in [0.4, 0.5) is 0 Å². The summed E-state index contributed by atoms with van der Waals surface area (Å²) in [5.41, 5.74) is 2.80. The normalized spacial score (nSPS) is 13.7. The van der Waals surface area contributed by atoms with Crippen LogP contribution in [0.15, 0.2) is 60.7 Å². The van der Waals surface area contributed by atoms with Crippen LogP contribution in [0.5, 0.6) is 0 Å². The lowest BCUT2D eigenvalue weighted by molar-refractivity contribution is 0.479. The average molecular weight is 419 g/mol. The van der Waals surface area contributed by atoms with Crippen LogP contribution in [0.25, 0.3) is 0 Å². The molecular formula is C22H35O2PSi2. The first-order chi connectivity index (χ1) is 12.6. The highest BCUT2D eigenvalue weighted by Crippen LogP contribution is 2.48. The molecular weight excluding hydrogens is 383 g/mol. The van der Waals surface area contributed by atoms with E-state index in [1.54, 1.807) is 0 Å². The van der Waals surface area contributed by atoms with Crippen molar-refractivity contribution in [3.8, 4) is 0 Å². The monoisotopic (exact) mass is 418 g/mol. The zero-order valence-electron chi connectivity index (χ0n) is 17.7. The Morgan fingerprint density at radius 3 is 1.70 bits per heavy atom. The van der Waals surface area contributed by atoms with Crippen LogP contribution < -0.4 is 0 Å². The minimum absolute atomic E-state index is 0.463. The van der Waals surface area contributed by atoms with Gasteiger partial charge in [0, 0.05) is 6.16 Å². The van der Waals surface area contributed by atoms with E-state index in [2.05, 4.69) is 99.9 Å². The maximum Gasteiger partial charge on any atom is 0.191 e. The highest BCUT2D eigenvalue weighted by Gasteiger charge is 2.30. The molecule has 0 heterocycles. The molecule has 0 amide bonds. The summed E-state index contributed by atoms with van der Waals surface area (Å²) in [4.78, 5) is 0. The third-order valence-corrected chi connectivity index (χ3v) is 10.8. The van der Waals surface area contributed by atoms with Gasteiger partial charge in [0.1, 0.15) is 8.38 Å². The summed E-state index contributed by atoms with van der Waals surface area (Å²) in [7, 11) is -4.15. The van der Waals surface area contributed by atoms with E-state index in [1.165, 1.54) is 11.1 Å². The third-order valence-electron chi connectivity index (χ3n) is 4.02. The first-order valence-electron chi connectivity index (χ1n) is 9.87. The van der Waals surface area contributed by atoms with Crippen LogP contribution in [0.2, 0.25) is 39.3 Å². The summed E-state index contributed by atoms with van der Waals surface area (Å²) < 4.78 is 13.1. The van der Waals surface area contributed by atoms with E-state index in [-0.39, 0.29) is 0 Å². The molecule has 1 atom stereocenters. The largest absolute Gasteiger partial charge is 0.376 e. The molecule has 2 nitrogen and oxygen atoms in total. The van der Waals surface area contributed by atoms with Crippen molar-refractivity contribution in [2.75, 3.05) is 6.16 Å². The molecule has 148 valence electrons. The van der Waals surface area contributed by atoms with Crippen molar-refractivity contribution in [1.82, 2.24) is 0 Å². The van der Waals surface area contributed by atoms with Gasteiger partial charge in [0.2, 0.25) is 0 Å². The van der Waals surface area contributed by atoms with Gasteiger partial charge in [0.15, 0.2) is 16.6 Å². The topological polar surface area (TPSA) is 18.5 Å². The van der Waals surface area contributed by atoms with Crippen molar-refractivity contribution in [3.63, 3.8) is 0 Å². The van der Waals surface area contributed by atoms with Crippen LogP contribution in [-0.2, 0) is 14.8 Å². The smallest absolute Gasteiger partial charge is 0.191 e. The van der Waals surface area contributed by atoms with Crippen LogP contribution in [0.1, 0.15) is 23.5 Å². The lowest BCUT2D eigenvalue weighted by atomic mass is 9.94. The molecule has 0 saturated heterocycles. The Labute approximate surface area is 169 Å². The van der Waals surface area contributed by atoms with E-state index >= 15 is 0 Å². The summed E-state index contributed by atoms with van der Waals surface area (Å²) in [6, 6.07) is 21.7. The number of hydrogen-bond donors (Lipinski definition) is 0. The zero-order chi connectivity index (χ0) is 19.9. The molecule has 0 bridgehead atoms. The summed E-state index contributed by atoms with van der Waals surface area (Å²) in [5.74, 6) is 0.463. The summed E-state index contributed by atoms with van der Waals surface area (Å²) in [6.07, 6.45) is 3.20. The second-order valence-corrected chi connectivity index (χ2v) is 20.0. The van der Waals surface area contributed by atoms with Crippen LogP contribution in [0.3, 0.4) is 0 Å². The Kier molecular flexibility index (Phi) is 8.45. The Balaban J connectivity index is 2.16. The molecule has 0 radical (unpaired) electrons. The molecule has 0 N–H and O–H groups in total. The highest BCUT2D eigenvalue weighted by atomic mass is 31.2. The van der Waals surface area contributed by atoms with Crippen LogP contribution >= 0.6 is 8.38 Å². The predicted octanol–water partition coefficient (Wildman–Crippen LogP) is 7.42. The van der Waals surface area contributed by atoms with E-state index in [0.717, 1.165) is 19.0 Å². The van der Waals surface area contributed by atoms with E-state index in [4.69, 9.17) is 8.43 Å². The number of hydrogen-bond acceptors (Lipinski definition) is 2. The van der Waals surface area contributed by atoms with Gasteiger partial charge in [-0.05, 0) is 69.2 Å². The van der Waals surface area contributed by atoms with Crippen molar-refractivity contribution < 1.29 is 8.43 Å². The van der Waals surface area contributed by atoms with Crippen molar-refractivity contribution in [3.05, 3.63) is 71.8 Å². The van der Waals surface area contributed by atoms with E-state index in [9.17, 15) is 0 Å². The minimum Gasteiger partial charge on any atom is -0.376 e. The van der Waals surface area contributed by atoms with Gasteiger partial charge in [-0.25, -0.2) is 0 Å². The van der Waals surface area contributed by atoms with E-state index < -0.39 is 25.0 Å². The van der Waals surface area contributed by atoms with Crippen LogP contribution in [-0.4, -0.2) is 22.8 Å². The van der Waals surface area contributed by atoms with E-state index in [1.807, 2.05) is 0 Å². The molecule has 0 aromatic heterocycles. The second kappa shape index (κ2) is 10.1. The lowest BCUT2D eigenvalue weighted by Crippen LogP contribution is -2.29. The number of benzene rings is 2. The standard InChI is InChI=1S/C22H35O2PSi2/c1-26(2,3)23-25(24-27(4,5)6)19-22(21-15-11-8-12-16-21)18-17-20-13-9-7-10-14-20/h7-16,22H,17-19H2,1-6H3. The molecule has 2 rings (SSSR count). The Morgan fingerprint density at radius 1 is 0.741 bits per heavy atom. The van der Waals surface area contributed by atoms with Gasteiger partial charge in [-0.15, -0.1) is 0 Å². The Hall–Kier alpha value is -0.776. The Bertz CT molecular complexity index is 650. The molecule has 0 aliphatic heterocycles. The van der Waals surface area contributed by atoms with Gasteiger partial charge < -0.3 is 8.43 Å². The first kappa shape index (κ1) is 22.5. The van der Waals surface area contributed by atoms with Crippen molar-refractivity contribution in [1.29, 1.82) is 0 Å². The van der Waals surface area contributed by atoms with Gasteiger partial charge in [-0.2, -0.15) is 0 Å². The quantitative estimate of drug-likeness (QED) is 0.295. The number of rotatable bonds is 10. The maximum absolute atomic E-state index is 6.53. The fraction of sp³-hybridized carbons (Fsp3) is 0.455. The van der Waals surface area contributed by atoms with Crippen molar-refractivity contribution in [2.24, 2.45) is 0 Å². The fourth-order valence-electron chi connectivity index (χ4n) is 2.96. The van der Waals surface area contributed by atoms with Crippen LogP contribution in [0, 0.1) is 0 Å². The van der Waals surface area contributed by atoms with Crippen molar-refractivity contribution >= 4 is 25.0 Å². The lowest BCUT2D eigenvalue weighted by Gasteiger charge is -2.33. The number of aryl methyl sites for hydroxylation is 1. The average Bonchev–Trinajstić information content (AvgIpc) is 2.57. The molecule has 2 aromatic rings. The van der Waals surface area contributed by atoms with Crippen molar-refractivity contribution in [2.45, 2.75) is 58.0 Å². The summed E-state index contributed by atoms with van der Waals surface area (Å²) in [6.45, 7) is 13.6. The molecule has 0 spiro atoms.